The van der Waals surface area contributed by atoms with Gasteiger partial charge in [-0.2, -0.15) is 0 Å². The Kier molecular flexibility index (Phi) is 5.44. The van der Waals surface area contributed by atoms with Crippen LogP contribution in [0.15, 0.2) is 24.5 Å². The molecular formula is C22H31N3O4. The number of benzene rings is 1. The molecule has 0 spiro atoms. The Morgan fingerprint density at radius 2 is 1.69 bits per heavy atom. The lowest BCUT2D eigenvalue weighted by Gasteiger charge is -2.52. The second-order valence-electron chi connectivity index (χ2n) is 8.24. The Morgan fingerprint density at radius 1 is 1.07 bits per heavy atom. The molecule has 1 aliphatic carbocycles. The predicted molar refractivity (Wildman–Crippen MR) is 109 cm³/mol. The first-order valence-electron chi connectivity index (χ1n) is 10.2. The van der Waals surface area contributed by atoms with E-state index in [1.54, 1.807) is 27.5 Å². The molecular weight excluding hydrogens is 370 g/mol. The Morgan fingerprint density at radius 3 is 2.17 bits per heavy atom. The van der Waals surface area contributed by atoms with Gasteiger partial charge in [-0.1, -0.05) is 6.42 Å². The molecule has 7 heteroatoms. The van der Waals surface area contributed by atoms with E-state index >= 15 is 0 Å². The lowest BCUT2D eigenvalue weighted by molar-refractivity contribution is -0.155. The molecule has 2 bridgehead atoms. The Balaban J connectivity index is 1.58. The van der Waals surface area contributed by atoms with E-state index in [1.807, 2.05) is 29.9 Å². The van der Waals surface area contributed by atoms with Crippen LogP contribution in [0.5, 0.6) is 17.2 Å². The lowest BCUT2D eigenvalue weighted by Crippen LogP contribution is -2.58. The molecule has 1 aliphatic heterocycles. The number of fused-ring (bicyclic) bond motifs is 2. The van der Waals surface area contributed by atoms with E-state index in [0.29, 0.717) is 17.2 Å². The van der Waals surface area contributed by atoms with Crippen LogP contribution in [0, 0.1) is 11.8 Å². The number of ether oxygens (including phenoxy) is 3. The quantitative estimate of drug-likeness (QED) is 0.802. The highest BCUT2D eigenvalue weighted by molar-refractivity contribution is 5.53. The fourth-order valence-corrected chi connectivity index (χ4v) is 5.27. The summed E-state index contributed by atoms with van der Waals surface area (Å²) in [5, 5.41) is 11.7. The van der Waals surface area contributed by atoms with Gasteiger partial charge >= 0.3 is 0 Å². The first-order chi connectivity index (χ1) is 14.0. The van der Waals surface area contributed by atoms with Crippen LogP contribution >= 0.6 is 0 Å². The standard InChI is InChI=1S/C22H31N3O4/c1-24-9-8-23-21(24)22(26)16-6-5-7-17(22)14-25(13-16)12-15-10-18(27-2)20(29-4)19(11-15)28-3/h8-11,16-17,26H,5-7,12-14H2,1-4H3/t16-,17+,22?. The van der Waals surface area contributed by atoms with E-state index in [4.69, 9.17) is 14.2 Å². The molecule has 0 radical (unpaired) electrons. The molecule has 1 N–H and O–H groups in total. The topological polar surface area (TPSA) is 69.0 Å². The van der Waals surface area contributed by atoms with Crippen molar-refractivity contribution in [1.29, 1.82) is 0 Å². The van der Waals surface area contributed by atoms with Crippen LogP contribution in [-0.2, 0) is 19.2 Å². The first-order valence-corrected chi connectivity index (χ1v) is 10.2. The second-order valence-corrected chi connectivity index (χ2v) is 8.24. The van der Waals surface area contributed by atoms with Gasteiger partial charge in [0, 0.05) is 50.9 Å². The number of piperidine rings is 1. The molecule has 0 amide bonds. The van der Waals surface area contributed by atoms with E-state index in [9.17, 15) is 5.11 Å². The van der Waals surface area contributed by atoms with Crippen LogP contribution < -0.4 is 14.2 Å². The molecule has 1 unspecified atom stereocenters. The number of aliphatic hydroxyl groups is 1. The molecule has 2 fully saturated rings. The lowest BCUT2D eigenvalue weighted by atomic mass is 9.65. The minimum Gasteiger partial charge on any atom is -0.493 e. The summed E-state index contributed by atoms with van der Waals surface area (Å²) in [6.45, 7) is 2.47. The van der Waals surface area contributed by atoms with Crippen molar-refractivity contribution in [2.75, 3.05) is 34.4 Å². The highest BCUT2D eigenvalue weighted by Crippen LogP contribution is 2.49. The van der Waals surface area contributed by atoms with Gasteiger partial charge in [0.15, 0.2) is 11.5 Å². The molecule has 2 aromatic rings. The molecule has 1 saturated heterocycles. The van der Waals surface area contributed by atoms with E-state index < -0.39 is 5.60 Å². The fraction of sp³-hybridized carbons (Fsp3) is 0.591. The fourth-order valence-electron chi connectivity index (χ4n) is 5.27. The number of methoxy groups -OCH3 is 3. The summed E-state index contributed by atoms with van der Waals surface area (Å²) < 4.78 is 18.4. The molecule has 1 aromatic carbocycles. The number of hydrogen-bond donors (Lipinski definition) is 1. The van der Waals surface area contributed by atoms with Crippen LogP contribution in [-0.4, -0.2) is 54.0 Å². The number of imidazole rings is 1. The summed E-state index contributed by atoms with van der Waals surface area (Å²) in [6, 6.07) is 4.02. The number of nitrogens with zero attached hydrogens (tertiary/aromatic N) is 3. The average molecular weight is 402 g/mol. The van der Waals surface area contributed by atoms with Crippen molar-refractivity contribution in [3.05, 3.63) is 35.9 Å². The number of aryl methyl sites for hydroxylation is 1. The molecule has 3 atom stereocenters. The SMILES string of the molecule is COc1cc(CN2C[C@H]3CCC[C@@H](C2)C3(O)c2nccn2C)cc(OC)c1OC. The monoisotopic (exact) mass is 401 g/mol. The van der Waals surface area contributed by atoms with Gasteiger partial charge in [0.25, 0.3) is 0 Å². The molecule has 4 rings (SSSR count). The smallest absolute Gasteiger partial charge is 0.203 e. The second kappa shape index (κ2) is 7.88. The van der Waals surface area contributed by atoms with Crippen molar-refractivity contribution in [3.63, 3.8) is 0 Å². The largest absolute Gasteiger partial charge is 0.493 e. The van der Waals surface area contributed by atoms with E-state index in [-0.39, 0.29) is 11.8 Å². The van der Waals surface area contributed by atoms with Gasteiger partial charge in [-0.3, -0.25) is 4.90 Å². The van der Waals surface area contributed by atoms with Crippen molar-refractivity contribution in [2.24, 2.45) is 18.9 Å². The summed E-state index contributed by atoms with van der Waals surface area (Å²) in [7, 11) is 6.86. The van der Waals surface area contributed by atoms with Gasteiger partial charge in [-0.15, -0.1) is 0 Å². The third-order valence-corrected chi connectivity index (χ3v) is 6.62. The number of rotatable bonds is 6. The molecule has 2 heterocycles. The first kappa shape index (κ1) is 20.0. The van der Waals surface area contributed by atoms with Gasteiger partial charge in [0.2, 0.25) is 5.75 Å². The van der Waals surface area contributed by atoms with Crippen molar-refractivity contribution < 1.29 is 19.3 Å². The summed E-state index contributed by atoms with van der Waals surface area (Å²) in [5.41, 5.74) is 0.266. The molecule has 158 valence electrons. The summed E-state index contributed by atoms with van der Waals surface area (Å²) in [6.07, 6.45) is 6.91. The molecule has 1 aromatic heterocycles. The van der Waals surface area contributed by atoms with Crippen molar-refractivity contribution in [3.8, 4) is 17.2 Å². The van der Waals surface area contributed by atoms with Crippen LogP contribution in [0.25, 0.3) is 0 Å². The third kappa shape index (κ3) is 3.36. The van der Waals surface area contributed by atoms with Crippen LogP contribution in [0.1, 0.15) is 30.7 Å². The van der Waals surface area contributed by atoms with Crippen LogP contribution in [0.3, 0.4) is 0 Å². The highest BCUT2D eigenvalue weighted by Gasteiger charge is 2.53. The van der Waals surface area contributed by atoms with Gasteiger partial charge in [0.05, 0.1) is 21.3 Å². The number of aromatic nitrogens is 2. The maximum atomic E-state index is 11.7. The average Bonchev–Trinajstić information content (AvgIpc) is 3.14. The van der Waals surface area contributed by atoms with Crippen molar-refractivity contribution in [1.82, 2.24) is 14.5 Å². The predicted octanol–water partition coefficient (Wildman–Crippen LogP) is 2.57. The van der Waals surface area contributed by atoms with E-state index in [1.165, 1.54) is 6.42 Å². The van der Waals surface area contributed by atoms with Gasteiger partial charge < -0.3 is 23.9 Å². The summed E-state index contributed by atoms with van der Waals surface area (Å²) in [4.78, 5) is 6.95. The van der Waals surface area contributed by atoms with Crippen LogP contribution in [0.4, 0.5) is 0 Å². The Hall–Kier alpha value is -2.25. The molecule has 2 aliphatic rings. The van der Waals surface area contributed by atoms with Gasteiger partial charge in [0.1, 0.15) is 11.4 Å². The Bertz CT molecular complexity index is 826. The molecule has 1 saturated carbocycles. The van der Waals surface area contributed by atoms with Crippen molar-refractivity contribution >= 4 is 0 Å². The van der Waals surface area contributed by atoms with Gasteiger partial charge in [-0.05, 0) is 30.5 Å². The minimum absolute atomic E-state index is 0.179. The maximum Gasteiger partial charge on any atom is 0.203 e. The van der Waals surface area contributed by atoms with E-state index in [0.717, 1.165) is 43.9 Å². The summed E-state index contributed by atoms with van der Waals surface area (Å²) >= 11 is 0. The zero-order chi connectivity index (χ0) is 20.6. The van der Waals surface area contributed by atoms with Crippen LogP contribution in [0.2, 0.25) is 0 Å². The maximum absolute atomic E-state index is 11.7. The Labute approximate surface area is 172 Å². The number of likely N-dealkylation sites (tertiary alicyclic amines) is 1. The zero-order valence-electron chi connectivity index (χ0n) is 17.7. The summed E-state index contributed by atoms with van der Waals surface area (Å²) in [5.74, 6) is 3.11. The zero-order valence-corrected chi connectivity index (χ0v) is 17.7. The third-order valence-electron chi connectivity index (χ3n) is 6.62. The molecule has 7 nitrogen and oxygen atoms in total. The minimum atomic E-state index is -0.845. The molecule has 29 heavy (non-hydrogen) atoms. The van der Waals surface area contributed by atoms with E-state index in [2.05, 4.69) is 9.88 Å². The highest BCUT2D eigenvalue weighted by atomic mass is 16.5. The normalized spacial score (nSPS) is 26.9. The van der Waals surface area contributed by atoms with Crippen molar-refractivity contribution in [2.45, 2.75) is 31.4 Å². The number of hydrogen-bond acceptors (Lipinski definition) is 6. The van der Waals surface area contributed by atoms with Gasteiger partial charge in [-0.25, -0.2) is 4.98 Å².